The van der Waals surface area contributed by atoms with Gasteiger partial charge in [-0.05, 0) is 31.2 Å². The highest BCUT2D eigenvalue weighted by molar-refractivity contribution is 14.0. The van der Waals surface area contributed by atoms with Crippen LogP contribution in [0.1, 0.15) is 23.6 Å². The molecule has 10 heteroatoms. The fourth-order valence-electron chi connectivity index (χ4n) is 3.40. The van der Waals surface area contributed by atoms with Crippen molar-refractivity contribution in [3.63, 3.8) is 0 Å². The van der Waals surface area contributed by atoms with E-state index in [4.69, 9.17) is 4.74 Å². The number of methoxy groups -OCH3 is 1. The van der Waals surface area contributed by atoms with Gasteiger partial charge in [-0.3, -0.25) is 4.99 Å². The summed E-state index contributed by atoms with van der Waals surface area (Å²) >= 11 is 0. The third-order valence-corrected chi connectivity index (χ3v) is 4.89. The van der Waals surface area contributed by atoms with E-state index in [1.54, 1.807) is 14.2 Å². The molecule has 0 radical (unpaired) electrons. The lowest BCUT2D eigenvalue weighted by Gasteiger charge is -2.26. The van der Waals surface area contributed by atoms with Crippen LogP contribution in [0.5, 0.6) is 0 Å². The minimum Gasteiger partial charge on any atom is -0.377 e. The summed E-state index contributed by atoms with van der Waals surface area (Å²) in [5.41, 5.74) is 1.09. The van der Waals surface area contributed by atoms with Crippen LogP contribution < -0.4 is 10.6 Å². The van der Waals surface area contributed by atoms with E-state index in [2.05, 4.69) is 30.6 Å². The standard InChI is InChI=1S/C20H30FN7O.HI/c1-22-20(23-10-11-27(2)12-15-4-6-16(21)7-5-15)24-17-8-9-19-25-18(14-29-3)26-28(19)13-17;/h4-7,17H,8-14H2,1-3H3,(H2,22,23,24);1H. The molecule has 166 valence electrons. The first-order valence-electron chi connectivity index (χ1n) is 9.89. The Balaban J connectivity index is 0.00000320. The highest BCUT2D eigenvalue weighted by atomic mass is 127. The van der Waals surface area contributed by atoms with Gasteiger partial charge in [0, 0.05) is 46.3 Å². The number of hydrogen-bond donors (Lipinski definition) is 2. The zero-order chi connectivity index (χ0) is 20.6. The lowest BCUT2D eigenvalue weighted by Crippen LogP contribution is -2.48. The molecule has 0 spiro atoms. The maximum atomic E-state index is 13.0. The number of aliphatic imine (C=N–C) groups is 1. The number of nitrogens with one attached hydrogen (secondary N) is 2. The molecular weight excluding hydrogens is 500 g/mol. The van der Waals surface area contributed by atoms with Crippen LogP contribution in [0.2, 0.25) is 0 Å². The van der Waals surface area contributed by atoms with Gasteiger partial charge in [0.1, 0.15) is 18.2 Å². The Morgan fingerprint density at radius 1 is 1.37 bits per heavy atom. The van der Waals surface area contributed by atoms with Crippen molar-refractivity contribution in [3.8, 4) is 0 Å². The third kappa shape index (κ3) is 7.17. The predicted octanol–water partition coefficient (Wildman–Crippen LogP) is 1.79. The number of halogens is 2. The molecule has 30 heavy (non-hydrogen) atoms. The van der Waals surface area contributed by atoms with Crippen LogP contribution in [0.3, 0.4) is 0 Å². The lowest BCUT2D eigenvalue weighted by atomic mass is 10.1. The molecule has 1 atom stereocenters. The van der Waals surface area contributed by atoms with E-state index < -0.39 is 0 Å². The number of rotatable bonds is 8. The minimum atomic E-state index is -0.205. The number of aromatic nitrogens is 3. The molecule has 0 amide bonds. The smallest absolute Gasteiger partial charge is 0.191 e. The normalized spacial score (nSPS) is 16.2. The molecule has 1 aromatic carbocycles. The minimum absolute atomic E-state index is 0. The molecule has 1 unspecified atom stereocenters. The second-order valence-corrected chi connectivity index (χ2v) is 7.30. The largest absolute Gasteiger partial charge is 0.377 e. The highest BCUT2D eigenvalue weighted by Gasteiger charge is 2.22. The molecule has 2 heterocycles. The summed E-state index contributed by atoms with van der Waals surface area (Å²) in [6.07, 6.45) is 1.86. The van der Waals surface area contributed by atoms with Gasteiger partial charge in [0.25, 0.3) is 0 Å². The summed E-state index contributed by atoms with van der Waals surface area (Å²) in [6, 6.07) is 6.88. The first-order chi connectivity index (χ1) is 14.1. The summed E-state index contributed by atoms with van der Waals surface area (Å²) in [6.45, 7) is 3.58. The molecule has 2 N–H and O–H groups in total. The van der Waals surface area contributed by atoms with Gasteiger partial charge in [-0.25, -0.2) is 14.1 Å². The lowest BCUT2D eigenvalue weighted by molar-refractivity contribution is 0.177. The third-order valence-electron chi connectivity index (χ3n) is 4.89. The first kappa shape index (κ1) is 24.5. The van der Waals surface area contributed by atoms with Crippen molar-refractivity contribution in [2.24, 2.45) is 4.99 Å². The fourth-order valence-corrected chi connectivity index (χ4v) is 3.40. The first-order valence-corrected chi connectivity index (χ1v) is 9.89. The number of likely N-dealkylation sites (N-methyl/N-ethyl adjacent to an activating group) is 1. The van der Waals surface area contributed by atoms with Crippen molar-refractivity contribution < 1.29 is 9.13 Å². The van der Waals surface area contributed by atoms with Gasteiger partial charge in [-0.1, -0.05) is 12.1 Å². The number of nitrogens with zero attached hydrogens (tertiary/aromatic N) is 5. The quantitative estimate of drug-likeness (QED) is 0.308. The second kappa shape index (κ2) is 12.2. The Kier molecular flexibility index (Phi) is 9.92. The molecular formula is C20H31FIN7O. The monoisotopic (exact) mass is 531 g/mol. The van der Waals surface area contributed by atoms with E-state index in [9.17, 15) is 4.39 Å². The van der Waals surface area contributed by atoms with Crippen LogP contribution in [0, 0.1) is 5.82 Å². The van der Waals surface area contributed by atoms with Crippen molar-refractivity contribution in [1.29, 1.82) is 0 Å². The molecule has 0 saturated carbocycles. The Labute approximate surface area is 194 Å². The topological polar surface area (TPSA) is 79.6 Å². The molecule has 3 rings (SSSR count). The van der Waals surface area contributed by atoms with E-state index >= 15 is 0 Å². The van der Waals surface area contributed by atoms with Gasteiger partial charge in [-0.15, -0.1) is 24.0 Å². The van der Waals surface area contributed by atoms with Crippen molar-refractivity contribution in [2.75, 3.05) is 34.3 Å². The van der Waals surface area contributed by atoms with Crippen molar-refractivity contribution >= 4 is 29.9 Å². The second-order valence-electron chi connectivity index (χ2n) is 7.30. The number of ether oxygens (including phenoxy) is 1. The van der Waals surface area contributed by atoms with E-state index in [-0.39, 0.29) is 35.8 Å². The maximum Gasteiger partial charge on any atom is 0.191 e. The van der Waals surface area contributed by atoms with Crippen LogP contribution in [-0.4, -0.2) is 66.0 Å². The average Bonchev–Trinajstić information content (AvgIpc) is 3.11. The summed E-state index contributed by atoms with van der Waals surface area (Å²) in [4.78, 5) is 11.0. The molecule has 1 aliphatic rings. The van der Waals surface area contributed by atoms with E-state index in [0.29, 0.717) is 6.61 Å². The van der Waals surface area contributed by atoms with Crippen LogP contribution in [0.15, 0.2) is 29.3 Å². The van der Waals surface area contributed by atoms with E-state index in [1.807, 2.05) is 23.9 Å². The number of hydrogen-bond acceptors (Lipinski definition) is 5. The molecule has 0 fully saturated rings. The SMILES string of the molecule is CN=C(NCCN(C)Cc1ccc(F)cc1)NC1CCc2nc(COC)nn2C1.I. The highest BCUT2D eigenvalue weighted by Crippen LogP contribution is 2.13. The van der Waals surface area contributed by atoms with E-state index in [1.165, 1.54) is 12.1 Å². The van der Waals surface area contributed by atoms with Gasteiger partial charge in [0.05, 0.1) is 6.54 Å². The van der Waals surface area contributed by atoms with E-state index in [0.717, 1.165) is 62.2 Å². The zero-order valence-corrected chi connectivity index (χ0v) is 20.1. The Hall–Kier alpha value is -1.79. The number of benzene rings is 1. The summed E-state index contributed by atoms with van der Waals surface area (Å²) < 4.78 is 20.1. The summed E-state index contributed by atoms with van der Waals surface area (Å²) in [5.74, 6) is 2.32. The van der Waals surface area contributed by atoms with Gasteiger partial charge in [0.2, 0.25) is 0 Å². The van der Waals surface area contributed by atoms with Crippen LogP contribution in [0.4, 0.5) is 4.39 Å². The molecule has 8 nitrogen and oxygen atoms in total. The Morgan fingerprint density at radius 3 is 2.83 bits per heavy atom. The molecule has 2 aromatic rings. The molecule has 0 aliphatic carbocycles. The zero-order valence-electron chi connectivity index (χ0n) is 17.8. The number of guanidine groups is 1. The van der Waals surface area contributed by atoms with Crippen LogP contribution in [-0.2, 0) is 30.9 Å². The Bertz CT molecular complexity index is 812. The maximum absolute atomic E-state index is 13.0. The Morgan fingerprint density at radius 2 is 2.13 bits per heavy atom. The average molecular weight is 531 g/mol. The number of aryl methyl sites for hydroxylation is 1. The fraction of sp³-hybridized carbons (Fsp3) is 0.550. The van der Waals surface area contributed by atoms with Gasteiger partial charge >= 0.3 is 0 Å². The van der Waals surface area contributed by atoms with Crippen molar-refractivity contribution in [3.05, 3.63) is 47.3 Å². The predicted molar refractivity (Wildman–Crippen MR) is 125 cm³/mol. The molecule has 1 aromatic heterocycles. The van der Waals surface area contributed by atoms with Crippen LogP contribution in [0.25, 0.3) is 0 Å². The summed E-state index contributed by atoms with van der Waals surface area (Å²) in [7, 11) is 5.47. The van der Waals surface area contributed by atoms with Crippen molar-refractivity contribution in [1.82, 2.24) is 30.3 Å². The summed E-state index contributed by atoms with van der Waals surface area (Å²) in [5, 5.41) is 11.3. The molecule has 1 aliphatic heterocycles. The molecule has 0 saturated heterocycles. The number of fused-ring (bicyclic) bond motifs is 1. The molecule has 0 bridgehead atoms. The van der Waals surface area contributed by atoms with Crippen molar-refractivity contribution in [2.45, 2.75) is 38.6 Å². The van der Waals surface area contributed by atoms with Gasteiger partial charge in [-0.2, -0.15) is 5.10 Å². The van der Waals surface area contributed by atoms with Gasteiger partial charge in [0.15, 0.2) is 11.8 Å². The van der Waals surface area contributed by atoms with Crippen LogP contribution >= 0.6 is 24.0 Å². The van der Waals surface area contributed by atoms with Gasteiger partial charge < -0.3 is 20.3 Å².